The first-order chi connectivity index (χ1) is 23.6. The third-order valence-electron chi connectivity index (χ3n) is 7.75. The van der Waals surface area contributed by atoms with Gasteiger partial charge in [0.05, 0.1) is 27.2 Å². The number of carbonyl (C=O) groups excluding carboxylic acids is 4. The number of non-ortho nitro benzene ring substituents is 1. The van der Waals surface area contributed by atoms with Crippen LogP contribution in [0, 0.1) is 56.7 Å². The molecule has 2 aliphatic rings. The fraction of sp³-hybridized carbons (Fsp3) is 0.125. The van der Waals surface area contributed by atoms with E-state index >= 15 is 0 Å². The lowest BCUT2D eigenvalue weighted by Gasteiger charge is -2.13. The van der Waals surface area contributed by atoms with Crippen LogP contribution in [-0.2, 0) is 12.8 Å². The molecule has 2 heterocycles. The minimum atomic E-state index is -2.17. The molecule has 0 unspecified atom stereocenters. The number of benzene rings is 4. The van der Waals surface area contributed by atoms with Gasteiger partial charge in [0, 0.05) is 30.9 Å². The third-order valence-corrected chi connectivity index (χ3v) is 7.75. The van der Waals surface area contributed by atoms with Gasteiger partial charge in [-0.3, -0.25) is 39.1 Å². The lowest BCUT2D eigenvalue weighted by Crippen LogP contribution is -2.32. The smallest absolute Gasteiger partial charge is 0.269 e. The number of amides is 4. The van der Waals surface area contributed by atoms with Crippen molar-refractivity contribution in [3.8, 4) is 0 Å². The second kappa shape index (κ2) is 13.4. The van der Waals surface area contributed by atoms with Crippen LogP contribution in [0.25, 0.3) is 0 Å². The number of halogens is 8. The fourth-order valence-corrected chi connectivity index (χ4v) is 5.15. The molecule has 0 bridgehead atoms. The molecular weight excluding hydrogens is 688 g/mol. The molecule has 2 N–H and O–H groups in total. The first-order valence-corrected chi connectivity index (χ1v) is 14.1. The predicted octanol–water partition coefficient (Wildman–Crippen LogP) is 5.65. The summed E-state index contributed by atoms with van der Waals surface area (Å²) in [7, 11) is 0. The van der Waals surface area contributed by atoms with Crippen molar-refractivity contribution in [2.24, 2.45) is 0 Å². The van der Waals surface area contributed by atoms with Gasteiger partial charge in [-0.05, 0) is 36.1 Å². The maximum Gasteiger partial charge on any atom is 0.269 e. The van der Waals surface area contributed by atoms with Crippen LogP contribution < -0.4 is 5.73 Å². The van der Waals surface area contributed by atoms with Crippen molar-refractivity contribution in [3.63, 3.8) is 0 Å². The SMILES string of the molecule is Nc1ccc(CCN2C(=O)c3c(F)c(F)c(F)c(F)c3C2=O)cc1.O=C1c2c(F)c(F)c(F)c(F)c2C(=O)N1CCc1ccc([N+](=O)[O-])cc1. The van der Waals surface area contributed by atoms with E-state index in [1.165, 1.54) is 24.3 Å². The number of carbonyl (C=O) groups is 4. The standard InChI is InChI=1S/C16H8F4N2O4.C16H10F4N2O2/c17-11-9-10(12(18)14(20)13(11)19)16(24)21(15(9)23)6-5-7-1-3-8(4-2-7)22(25)26;17-11-9-10(12(18)14(20)13(11)19)16(24)22(15(9)23)6-5-7-1-3-8(21)4-2-7/h1-4H,5-6H2;1-4H,5-6,21H2. The molecule has 0 saturated heterocycles. The van der Waals surface area contributed by atoms with E-state index in [0.717, 1.165) is 5.56 Å². The van der Waals surface area contributed by atoms with E-state index < -0.39 is 97.3 Å². The minimum Gasteiger partial charge on any atom is -0.399 e. The van der Waals surface area contributed by atoms with Gasteiger partial charge in [-0.1, -0.05) is 24.3 Å². The van der Waals surface area contributed by atoms with Gasteiger partial charge in [0.1, 0.15) is 0 Å². The highest BCUT2D eigenvalue weighted by Crippen LogP contribution is 2.33. The number of hydrogen-bond acceptors (Lipinski definition) is 7. The number of anilines is 1. The zero-order valence-corrected chi connectivity index (χ0v) is 24.8. The number of fused-ring (bicyclic) bond motifs is 2. The molecule has 0 aromatic heterocycles. The summed E-state index contributed by atoms with van der Waals surface area (Å²) in [5, 5.41) is 10.6. The number of nitrogens with two attached hydrogens (primary N) is 1. The van der Waals surface area contributed by atoms with Crippen LogP contribution in [0.15, 0.2) is 48.5 Å². The average molecular weight is 707 g/mol. The van der Waals surface area contributed by atoms with Crippen molar-refractivity contribution in [2.45, 2.75) is 12.8 Å². The lowest BCUT2D eigenvalue weighted by atomic mass is 10.1. The number of hydrogen-bond donors (Lipinski definition) is 1. The first-order valence-electron chi connectivity index (χ1n) is 14.1. The van der Waals surface area contributed by atoms with Crippen LogP contribution in [0.1, 0.15) is 52.6 Å². The van der Waals surface area contributed by atoms with E-state index in [2.05, 4.69) is 0 Å². The van der Waals surface area contributed by atoms with E-state index in [9.17, 15) is 64.4 Å². The Kier molecular flexibility index (Phi) is 9.39. The number of rotatable bonds is 7. The Morgan fingerprint density at radius 3 is 1.06 bits per heavy atom. The Morgan fingerprint density at radius 2 is 0.780 bits per heavy atom. The van der Waals surface area contributed by atoms with Crippen LogP contribution in [0.3, 0.4) is 0 Å². The molecule has 0 saturated carbocycles. The highest BCUT2D eigenvalue weighted by Gasteiger charge is 2.45. The maximum absolute atomic E-state index is 13.8. The van der Waals surface area contributed by atoms with E-state index in [4.69, 9.17) is 5.73 Å². The van der Waals surface area contributed by atoms with Crippen LogP contribution in [0.5, 0.6) is 0 Å². The van der Waals surface area contributed by atoms with Gasteiger partial charge >= 0.3 is 0 Å². The van der Waals surface area contributed by atoms with Crippen LogP contribution in [0.2, 0.25) is 0 Å². The second-order valence-corrected chi connectivity index (χ2v) is 10.7. The minimum absolute atomic E-state index is 0.0255. The summed E-state index contributed by atoms with van der Waals surface area (Å²) in [6.45, 7) is -0.523. The van der Waals surface area contributed by atoms with Crippen molar-refractivity contribution >= 4 is 35.0 Å². The molecule has 4 amide bonds. The summed E-state index contributed by atoms with van der Waals surface area (Å²) in [6, 6.07) is 11.7. The predicted molar refractivity (Wildman–Crippen MR) is 155 cm³/mol. The average Bonchev–Trinajstić information content (AvgIpc) is 3.50. The molecule has 258 valence electrons. The highest BCUT2D eigenvalue weighted by atomic mass is 19.2. The van der Waals surface area contributed by atoms with E-state index in [-0.39, 0.29) is 31.6 Å². The van der Waals surface area contributed by atoms with Crippen LogP contribution in [0.4, 0.5) is 46.5 Å². The zero-order valence-electron chi connectivity index (χ0n) is 24.8. The molecular formula is C32H18F8N4O6. The molecule has 50 heavy (non-hydrogen) atoms. The largest absolute Gasteiger partial charge is 0.399 e. The van der Waals surface area contributed by atoms with E-state index in [1.807, 2.05) is 0 Å². The molecule has 10 nitrogen and oxygen atoms in total. The van der Waals surface area contributed by atoms with Gasteiger partial charge in [0.2, 0.25) is 0 Å². The molecule has 0 atom stereocenters. The van der Waals surface area contributed by atoms with Gasteiger partial charge in [0.25, 0.3) is 29.3 Å². The molecule has 6 rings (SSSR count). The number of nitrogens with zero attached hydrogens (tertiary/aromatic N) is 3. The molecule has 4 aromatic rings. The Balaban J connectivity index is 0.000000195. The lowest BCUT2D eigenvalue weighted by molar-refractivity contribution is -0.384. The topological polar surface area (TPSA) is 144 Å². The summed E-state index contributed by atoms with van der Waals surface area (Å²) in [6.07, 6.45) is 0.220. The van der Waals surface area contributed by atoms with E-state index in [0.29, 0.717) is 21.1 Å². The Labute approximate surface area is 274 Å². The van der Waals surface area contributed by atoms with Crippen molar-refractivity contribution < 1.29 is 59.2 Å². The van der Waals surface area contributed by atoms with Crippen molar-refractivity contribution in [1.82, 2.24) is 9.80 Å². The Morgan fingerprint density at radius 1 is 0.500 bits per heavy atom. The summed E-state index contributed by atoms with van der Waals surface area (Å²) < 4.78 is 108. The molecule has 18 heteroatoms. The molecule has 0 fully saturated rings. The fourth-order valence-electron chi connectivity index (χ4n) is 5.15. The van der Waals surface area contributed by atoms with Gasteiger partial charge in [-0.2, -0.15) is 0 Å². The molecule has 0 spiro atoms. The van der Waals surface area contributed by atoms with Gasteiger partial charge in [0.15, 0.2) is 46.5 Å². The quantitative estimate of drug-likeness (QED) is 0.0498. The van der Waals surface area contributed by atoms with Crippen LogP contribution >= 0.6 is 0 Å². The Bertz CT molecular complexity index is 2030. The number of nitro groups is 1. The number of nitrogen functional groups attached to an aromatic ring is 1. The number of nitro benzene ring substituents is 1. The first kappa shape index (κ1) is 35.1. The second-order valence-electron chi connectivity index (χ2n) is 10.7. The van der Waals surface area contributed by atoms with Crippen molar-refractivity contribution in [1.29, 1.82) is 0 Å². The van der Waals surface area contributed by atoms with Gasteiger partial charge in [-0.25, -0.2) is 35.1 Å². The summed E-state index contributed by atoms with van der Waals surface area (Å²) >= 11 is 0. The normalized spacial score (nSPS) is 13.4. The molecule has 4 aromatic carbocycles. The van der Waals surface area contributed by atoms with Gasteiger partial charge in [-0.15, -0.1) is 0 Å². The Hall–Kier alpha value is -6.20. The molecule has 0 aliphatic carbocycles. The summed E-state index contributed by atoms with van der Waals surface area (Å²) in [5.74, 6) is -21.1. The van der Waals surface area contributed by atoms with Crippen molar-refractivity contribution in [2.75, 3.05) is 18.8 Å². The molecule has 0 radical (unpaired) electrons. The number of imide groups is 2. The van der Waals surface area contributed by atoms with Crippen molar-refractivity contribution in [3.05, 3.63) is 139 Å². The molecule has 2 aliphatic heterocycles. The summed E-state index contributed by atoms with van der Waals surface area (Å²) in [5.41, 5.74) is 2.68. The maximum atomic E-state index is 13.8. The monoisotopic (exact) mass is 706 g/mol. The third kappa shape index (κ3) is 5.99. The highest BCUT2D eigenvalue weighted by molar-refractivity contribution is 6.22. The zero-order chi connectivity index (χ0) is 36.8. The van der Waals surface area contributed by atoms with Gasteiger partial charge < -0.3 is 5.73 Å². The van der Waals surface area contributed by atoms with E-state index in [1.54, 1.807) is 24.3 Å². The van der Waals surface area contributed by atoms with Crippen LogP contribution in [-0.4, -0.2) is 51.4 Å². The summed E-state index contributed by atoms with van der Waals surface area (Å²) in [4.78, 5) is 59.5.